The maximum atomic E-state index is 11.9. The van der Waals surface area contributed by atoms with Crippen LogP contribution in [0.2, 0.25) is 10.0 Å². The van der Waals surface area contributed by atoms with E-state index in [1.165, 1.54) is 30.4 Å². The lowest BCUT2D eigenvalue weighted by molar-refractivity contribution is -0.384. The predicted octanol–water partition coefficient (Wildman–Crippen LogP) is 4.43. The number of non-ortho nitro benzene ring substituents is 1. The molecule has 0 radical (unpaired) electrons. The van der Waals surface area contributed by atoms with E-state index in [2.05, 4.69) is 10.6 Å². The summed E-state index contributed by atoms with van der Waals surface area (Å²) in [6.45, 7) is 0. The van der Waals surface area contributed by atoms with Crippen LogP contribution in [0.4, 0.5) is 11.4 Å². The van der Waals surface area contributed by atoms with Crippen LogP contribution in [0.3, 0.4) is 0 Å². The van der Waals surface area contributed by atoms with Crippen molar-refractivity contribution in [1.29, 1.82) is 0 Å². The number of nitrogens with one attached hydrogen (secondary N) is 2. The third-order valence-corrected chi connectivity index (χ3v) is 3.69. The van der Waals surface area contributed by atoms with Crippen molar-refractivity contribution in [2.45, 2.75) is 0 Å². The van der Waals surface area contributed by atoms with Crippen LogP contribution in [0, 0.1) is 10.1 Å². The van der Waals surface area contributed by atoms with Crippen molar-refractivity contribution >= 4 is 63.9 Å². The van der Waals surface area contributed by atoms with Gasteiger partial charge in [-0.3, -0.25) is 20.2 Å². The number of nitrogens with zero attached hydrogens (tertiary/aromatic N) is 1. The predicted molar refractivity (Wildman–Crippen MR) is 103 cm³/mol. The summed E-state index contributed by atoms with van der Waals surface area (Å²) in [4.78, 5) is 22.1. The van der Waals surface area contributed by atoms with E-state index in [4.69, 9.17) is 35.4 Å². The average Bonchev–Trinajstić information content (AvgIpc) is 2.56. The van der Waals surface area contributed by atoms with Crippen molar-refractivity contribution in [2.24, 2.45) is 0 Å². The molecule has 0 fully saturated rings. The molecule has 2 aromatic carbocycles. The highest BCUT2D eigenvalue weighted by Gasteiger charge is 2.07. The highest BCUT2D eigenvalue weighted by atomic mass is 35.5. The Bertz CT molecular complexity index is 871. The molecule has 0 atom stereocenters. The summed E-state index contributed by atoms with van der Waals surface area (Å²) in [5, 5.41) is 16.8. The van der Waals surface area contributed by atoms with E-state index in [1.807, 2.05) is 0 Å². The quantitative estimate of drug-likeness (QED) is 0.346. The van der Waals surface area contributed by atoms with Gasteiger partial charge >= 0.3 is 0 Å². The maximum Gasteiger partial charge on any atom is 0.270 e. The number of thiocarbonyl (C=S) groups is 1. The first-order valence-corrected chi connectivity index (χ1v) is 8.01. The number of nitro benzene ring substituents is 1. The van der Waals surface area contributed by atoms with E-state index < -0.39 is 10.8 Å². The molecule has 0 aliphatic carbocycles. The van der Waals surface area contributed by atoms with Crippen molar-refractivity contribution in [3.05, 3.63) is 74.3 Å². The summed E-state index contributed by atoms with van der Waals surface area (Å²) in [7, 11) is 0. The van der Waals surface area contributed by atoms with E-state index in [9.17, 15) is 14.9 Å². The molecule has 0 spiro atoms. The molecule has 128 valence electrons. The lowest BCUT2D eigenvalue weighted by Crippen LogP contribution is -2.32. The number of halogens is 2. The van der Waals surface area contributed by atoms with E-state index >= 15 is 0 Å². The number of benzene rings is 2. The normalized spacial score (nSPS) is 10.5. The molecule has 25 heavy (non-hydrogen) atoms. The molecule has 2 N–H and O–H groups in total. The molecule has 0 saturated carbocycles. The standard InChI is InChI=1S/C16H11Cl2N3O3S/c17-11-5-6-13(18)14(9-11)19-16(25)20-15(22)7-4-10-2-1-3-12(8-10)21(23)24/h1-9H,(H2,19,20,22,25)/b7-4+. The van der Waals surface area contributed by atoms with Gasteiger partial charge in [0.25, 0.3) is 5.69 Å². The summed E-state index contributed by atoms with van der Waals surface area (Å²) in [6, 6.07) is 10.7. The van der Waals surface area contributed by atoms with Crippen molar-refractivity contribution in [1.82, 2.24) is 5.32 Å². The minimum atomic E-state index is -0.509. The Balaban J connectivity index is 1.97. The summed E-state index contributed by atoms with van der Waals surface area (Å²) in [5.74, 6) is -0.498. The van der Waals surface area contributed by atoms with Gasteiger partial charge in [0.15, 0.2) is 5.11 Å². The van der Waals surface area contributed by atoms with Crippen LogP contribution in [-0.4, -0.2) is 15.9 Å². The fourth-order valence-electron chi connectivity index (χ4n) is 1.81. The van der Waals surface area contributed by atoms with Crippen LogP contribution >= 0.6 is 35.4 Å². The van der Waals surface area contributed by atoms with Crippen LogP contribution in [0.1, 0.15) is 5.56 Å². The fourth-order valence-corrected chi connectivity index (χ4v) is 2.36. The Labute approximate surface area is 158 Å². The van der Waals surface area contributed by atoms with E-state index in [0.29, 0.717) is 21.3 Å². The maximum absolute atomic E-state index is 11.9. The van der Waals surface area contributed by atoms with E-state index in [0.717, 1.165) is 0 Å². The van der Waals surface area contributed by atoms with E-state index in [-0.39, 0.29) is 10.8 Å². The third kappa shape index (κ3) is 5.82. The minimum absolute atomic E-state index is 0.0397. The zero-order valence-corrected chi connectivity index (χ0v) is 14.9. The minimum Gasteiger partial charge on any atom is -0.331 e. The smallest absolute Gasteiger partial charge is 0.270 e. The molecule has 1 amide bonds. The van der Waals surface area contributed by atoms with Gasteiger partial charge in [-0.05, 0) is 42.1 Å². The SMILES string of the molecule is O=C(/C=C/c1cccc([N+](=O)[O-])c1)NC(=S)Nc1cc(Cl)ccc1Cl. The van der Waals surface area contributed by atoms with Crippen molar-refractivity contribution < 1.29 is 9.72 Å². The second-order valence-electron chi connectivity index (χ2n) is 4.75. The Morgan fingerprint density at radius 1 is 1.20 bits per heavy atom. The number of anilines is 1. The van der Waals surface area contributed by atoms with Crippen molar-refractivity contribution in [3.8, 4) is 0 Å². The summed E-state index contributed by atoms with van der Waals surface area (Å²) >= 11 is 16.9. The molecule has 0 aliphatic rings. The summed E-state index contributed by atoms with van der Waals surface area (Å²) in [6.07, 6.45) is 2.66. The van der Waals surface area contributed by atoms with Gasteiger partial charge in [-0.25, -0.2) is 0 Å². The van der Waals surface area contributed by atoms with Gasteiger partial charge in [0.1, 0.15) is 0 Å². The van der Waals surface area contributed by atoms with Gasteiger partial charge in [0.2, 0.25) is 5.91 Å². The highest BCUT2D eigenvalue weighted by molar-refractivity contribution is 7.80. The molecule has 6 nitrogen and oxygen atoms in total. The molecule has 9 heteroatoms. The fraction of sp³-hybridized carbons (Fsp3) is 0. The van der Waals surface area contributed by atoms with Crippen LogP contribution in [-0.2, 0) is 4.79 Å². The second-order valence-corrected chi connectivity index (χ2v) is 6.00. The average molecular weight is 396 g/mol. The molecule has 0 unspecified atom stereocenters. The molecular formula is C16H11Cl2N3O3S. The number of nitro groups is 1. The monoisotopic (exact) mass is 395 g/mol. The Morgan fingerprint density at radius 3 is 2.68 bits per heavy atom. The lowest BCUT2D eigenvalue weighted by Gasteiger charge is -2.10. The zero-order chi connectivity index (χ0) is 18.4. The lowest BCUT2D eigenvalue weighted by atomic mass is 10.2. The van der Waals surface area contributed by atoms with Crippen LogP contribution in [0.5, 0.6) is 0 Å². The Morgan fingerprint density at radius 2 is 1.96 bits per heavy atom. The number of rotatable bonds is 4. The molecule has 0 saturated heterocycles. The molecule has 0 bridgehead atoms. The van der Waals surface area contributed by atoms with Gasteiger partial charge < -0.3 is 5.32 Å². The molecule has 2 rings (SSSR count). The number of carbonyl (C=O) groups is 1. The van der Waals surface area contributed by atoms with E-state index in [1.54, 1.807) is 24.3 Å². The van der Waals surface area contributed by atoms with Crippen molar-refractivity contribution in [3.63, 3.8) is 0 Å². The number of hydrogen-bond acceptors (Lipinski definition) is 4. The van der Waals surface area contributed by atoms with Crippen LogP contribution in [0.15, 0.2) is 48.5 Å². The first kappa shape index (κ1) is 18.9. The molecule has 2 aromatic rings. The van der Waals surface area contributed by atoms with Crippen molar-refractivity contribution in [2.75, 3.05) is 5.32 Å². The number of hydrogen-bond donors (Lipinski definition) is 2. The number of carbonyl (C=O) groups excluding carboxylic acids is 1. The zero-order valence-electron chi connectivity index (χ0n) is 12.5. The third-order valence-electron chi connectivity index (χ3n) is 2.92. The van der Waals surface area contributed by atoms with Crippen LogP contribution in [0.25, 0.3) is 6.08 Å². The summed E-state index contributed by atoms with van der Waals surface area (Å²) in [5.41, 5.74) is 0.915. The Kier molecular flexibility index (Phi) is 6.46. The topological polar surface area (TPSA) is 84.3 Å². The van der Waals surface area contributed by atoms with Gasteiger partial charge in [0.05, 0.1) is 15.6 Å². The van der Waals surface area contributed by atoms with Gasteiger partial charge in [-0.15, -0.1) is 0 Å². The Hall–Kier alpha value is -2.48. The highest BCUT2D eigenvalue weighted by Crippen LogP contribution is 2.25. The number of amides is 1. The van der Waals surface area contributed by atoms with Gasteiger partial charge in [-0.1, -0.05) is 35.3 Å². The summed E-state index contributed by atoms with van der Waals surface area (Å²) < 4.78 is 0. The first-order chi connectivity index (χ1) is 11.8. The first-order valence-electron chi connectivity index (χ1n) is 6.85. The molecular weight excluding hydrogens is 385 g/mol. The molecule has 0 aliphatic heterocycles. The second kappa shape index (κ2) is 8.57. The molecule has 0 heterocycles. The van der Waals surface area contributed by atoms with Gasteiger partial charge in [-0.2, -0.15) is 0 Å². The van der Waals surface area contributed by atoms with Crippen LogP contribution < -0.4 is 10.6 Å². The largest absolute Gasteiger partial charge is 0.331 e. The molecule has 0 aromatic heterocycles. The van der Waals surface area contributed by atoms with Gasteiger partial charge in [0, 0.05) is 23.2 Å².